The molecule has 0 heterocycles. The van der Waals surface area contributed by atoms with E-state index in [0.29, 0.717) is 0 Å². The van der Waals surface area contributed by atoms with Gasteiger partial charge in [0.15, 0.2) is 0 Å². The van der Waals surface area contributed by atoms with Crippen LogP contribution in [0.3, 0.4) is 0 Å². The molecule has 0 aromatic rings. The number of rotatable bonds is 2. The van der Waals surface area contributed by atoms with Crippen LogP contribution >= 0.6 is 15.9 Å². The average Bonchev–Trinajstić information content (AvgIpc) is 2.05. The summed E-state index contributed by atoms with van der Waals surface area (Å²) >= 11 is 3.48. The first-order chi connectivity index (χ1) is 5.68. The SMILES string of the molecule is CC(=O)NC1(CBr)CCCCC1. The lowest BCUT2D eigenvalue weighted by Gasteiger charge is -2.36. The third-order valence-electron chi connectivity index (χ3n) is 2.51. The first-order valence-corrected chi connectivity index (χ1v) is 5.65. The van der Waals surface area contributed by atoms with Crippen LogP contribution in [0.25, 0.3) is 0 Å². The van der Waals surface area contributed by atoms with E-state index in [0.717, 1.165) is 18.2 Å². The number of carbonyl (C=O) groups excluding carboxylic acids is 1. The highest BCUT2D eigenvalue weighted by Gasteiger charge is 2.31. The van der Waals surface area contributed by atoms with E-state index < -0.39 is 0 Å². The van der Waals surface area contributed by atoms with Crippen LogP contribution in [0.5, 0.6) is 0 Å². The van der Waals surface area contributed by atoms with Crippen molar-refractivity contribution in [2.75, 3.05) is 5.33 Å². The number of halogens is 1. The van der Waals surface area contributed by atoms with E-state index in [1.165, 1.54) is 19.3 Å². The maximum atomic E-state index is 10.9. The number of nitrogens with one attached hydrogen (secondary N) is 1. The highest BCUT2D eigenvalue weighted by molar-refractivity contribution is 9.09. The summed E-state index contributed by atoms with van der Waals surface area (Å²) in [5.74, 6) is 0.0938. The van der Waals surface area contributed by atoms with Crippen molar-refractivity contribution in [3.8, 4) is 0 Å². The van der Waals surface area contributed by atoms with Crippen molar-refractivity contribution < 1.29 is 4.79 Å². The molecule has 0 radical (unpaired) electrons. The fraction of sp³-hybridized carbons (Fsp3) is 0.889. The van der Waals surface area contributed by atoms with E-state index in [1.807, 2.05) is 0 Å². The Kier molecular flexibility index (Phi) is 3.56. The van der Waals surface area contributed by atoms with Crippen LogP contribution in [0, 0.1) is 0 Å². The van der Waals surface area contributed by atoms with Gasteiger partial charge in [0, 0.05) is 17.8 Å². The third kappa shape index (κ3) is 2.47. The quantitative estimate of drug-likeness (QED) is 0.729. The number of amides is 1. The predicted molar refractivity (Wildman–Crippen MR) is 53.4 cm³/mol. The second-order valence-electron chi connectivity index (χ2n) is 3.66. The summed E-state index contributed by atoms with van der Waals surface area (Å²) in [6.07, 6.45) is 6.04. The summed E-state index contributed by atoms with van der Waals surface area (Å²) in [5, 5.41) is 3.95. The Morgan fingerprint density at radius 3 is 2.42 bits per heavy atom. The summed E-state index contributed by atoms with van der Waals surface area (Å²) < 4.78 is 0. The molecule has 3 heteroatoms. The van der Waals surface area contributed by atoms with E-state index in [1.54, 1.807) is 6.92 Å². The van der Waals surface area contributed by atoms with Crippen molar-refractivity contribution in [1.29, 1.82) is 0 Å². The molecule has 0 saturated heterocycles. The number of hydrogen-bond donors (Lipinski definition) is 1. The minimum Gasteiger partial charge on any atom is -0.350 e. The van der Waals surface area contributed by atoms with Gasteiger partial charge in [-0.25, -0.2) is 0 Å². The molecule has 0 bridgehead atoms. The maximum absolute atomic E-state index is 10.9. The van der Waals surface area contributed by atoms with Crippen LogP contribution < -0.4 is 5.32 Å². The smallest absolute Gasteiger partial charge is 0.217 e. The molecule has 0 aromatic carbocycles. The second-order valence-corrected chi connectivity index (χ2v) is 4.22. The molecule has 1 N–H and O–H groups in total. The minimum atomic E-state index is 0.0596. The fourth-order valence-electron chi connectivity index (χ4n) is 1.89. The standard InChI is InChI=1S/C9H16BrNO/c1-8(12)11-9(7-10)5-3-2-4-6-9/h2-7H2,1H3,(H,11,12). The number of hydrogen-bond acceptors (Lipinski definition) is 1. The predicted octanol–water partition coefficient (Wildman–Crippen LogP) is 2.22. The van der Waals surface area contributed by atoms with Gasteiger partial charge < -0.3 is 5.32 Å². The lowest BCUT2D eigenvalue weighted by atomic mass is 9.83. The monoisotopic (exact) mass is 233 g/mol. The highest BCUT2D eigenvalue weighted by Crippen LogP contribution is 2.29. The normalized spacial score (nSPS) is 21.8. The zero-order chi connectivity index (χ0) is 9.03. The molecule has 12 heavy (non-hydrogen) atoms. The molecule has 0 spiro atoms. The van der Waals surface area contributed by atoms with Crippen molar-refractivity contribution in [2.45, 2.75) is 44.6 Å². The molecule has 70 valence electrons. The summed E-state index contributed by atoms with van der Waals surface area (Å²) in [6.45, 7) is 1.60. The first kappa shape index (κ1) is 10.0. The van der Waals surface area contributed by atoms with Gasteiger partial charge in [-0.1, -0.05) is 35.2 Å². The maximum Gasteiger partial charge on any atom is 0.217 e. The molecule has 1 amide bonds. The van der Waals surface area contributed by atoms with E-state index in [-0.39, 0.29) is 11.4 Å². The van der Waals surface area contributed by atoms with Crippen LogP contribution in [-0.4, -0.2) is 16.8 Å². The molecule has 1 aliphatic carbocycles. The fourth-order valence-corrected chi connectivity index (χ4v) is 2.59. The molecule has 1 saturated carbocycles. The van der Waals surface area contributed by atoms with Gasteiger partial charge in [-0.3, -0.25) is 4.79 Å². The Labute approximate surface area is 82.2 Å². The Morgan fingerprint density at radius 2 is 2.00 bits per heavy atom. The Bertz CT molecular complexity index is 164. The highest BCUT2D eigenvalue weighted by atomic mass is 79.9. The summed E-state index contributed by atoms with van der Waals surface area (Å²) in [4.78, 5) is 10.9. The Hall–Kier alpha value is -0.0500. The molecule has 0 atom stereocenters. The Morgan fingerprint density at radius 1 is 1.42 bits per heavy atom. The zero-order valence-electron chi connectivity index (χ0n) is 7.53. The van der Waals surface area contributed by atoms with Gasteiger partial charge in [-0.2, -0.15) is 0 Å². The topological polar surface area (TPSA) is 29.1 Å². The number of carbonyl (C=O) groups is 1. The Balaban J connectivity index is 2.53. The first-order valence-electron chi connectivity index (χ1n) is 4.53. The van der Waals surface area contributed by atoms with Gasteiger partial charge in [-0.05, 0) is 12.8 Å². The van der Waals surface area contributed by atoms with Crippen molar-refractivity contribution in [3.05, 3.63) is 0 Å². The van der Waals surface area contributed by atoms with Gasteiger partial charge in [0.05, 0.1) is 0 Å². The van der Waals surface area contributed by atoms with Gasteiger partial charge in [0.25, 0.3) is 0 Å². The molecule has 0 aromatic heterocycles. The van der Waals surface area contributed by atoms with Crippen molar-refractivity contribution in [3.63, 3.8) is 0 Å². The van der Waals surface area contributed by atoms with E-state index >= 15 is 0 Å². The molecule has 1 fully saturated rings. The van der Waals surface area contributed by atoms with E-state index in [4.69, 9.17) is 0 Å². The second kappa shape index (κ2) is 4.26. The molecule has 1 rings (SSSR count). The van der Waals surface area contributed by atoms with Gasteiger partial charge in [-0.15, -0.1) is 0 Å². The van der Waals surface area contributed by atoms with Gasteiger partial charge in [0.1, 0.15) is 0 Å². The van der Waals surface area contributed by atoms with Crippen LogP contribution in [0.4, 0.5) is 0 Å². The van der Waals surface area contributed by atoms with Gasteiger partial charge >= 0.3 is 0 Å². The molecular weight excluding hydrogens is 218 g/mol. The molecule has 0 unspecified atom stereocenters. The zero-order valence-corrected chi connectivity index (χ0v) is 9.11. The third-order valence-corrected chi connectivity index (χ3v) is 3.58. The van der Waals surface area contributed by atoms with Crippen molar-refractivity contribution in [2.24, 2.45) is 0 Å². The van der Waals surface area contributed by atoms with Crippen LogP contribution in [0.2, 0.25) is 0 Å². The summed E-state index contributed by atoms with van der Waals surface area (Å²) in [7, 11) is 0. The molecule has 0 aliphatic heterocycles. The lowest BCUT2D eigenvalue weighted by molar-refractivity contribution is -0.121. The minimum absolute atomic E-state index is 0.0596. The van der Waals surface area contributed by atoms with Crippen LogP contribution in [0.1, 0.15) is 39.0 Å². The van der Waals surface area contributed by atoms with Crippen molar-refractivity contribution >= 4 is 21.8 Å². The molecular formula is C9H16BrNO. The largest absolute Gasteiger partial charge is 0.350 e. The van der Waals surface area contributed by atoms with Crippen LogP contribution in [0.15, 0.2) is 0 Å². The van der Waals surface area contributed by atoms with Crippen molar-refractivity contribution in [1.82, 2.24) is 5.32 Å². The van der Waals surface area contributed by atoms with E-state index in [9.17, 15) is 4.79 Å². The summed E-state index contributed by atoms with van der Waals surface area (Å²) in [5.41, 5.74) is 0.0596. The van der Waals surface area contributed by atoms with Crippen LogP contribution in [-0.2, 0) is 4.79 Å². The average molecular weight is 234 g/mol. The van der Waals surface area contributed by atoms with Gasteiger partial charge in [0.2, 0.25) is 5.91 Å². The van der Waals surface area contributed by atoms with E-state index in [2.05, 4.69) is 21.2 Å². The lowest BCUT2D eigenvalue weighted by Crippen LogP contribution is -2.50. The number of alkyl halides is 1. The molecule has 2 nitrogen and oxygen atoms in total. The molecule has 1 aliphatic rings. The summed E-state index contributed by atoms with van der Waals surface area (Å²) in [6, 6.07) is 0.